The van der Waals surface area contributed by atoms with E-state index in [-0.39, 0.29) is 0 Å². The molecule has 11 heavy (non-hydrogen) atoms. The van der Waals surface area contributed by atoms with Crippen LogP contribution in [-0.2, 0) is 4.74 Å². The molecule has 1 fully saturated rings. The van der Waals surface area contributed by atoms with Gasteiger partial charge in [-0.3, -0.25) is 4.31 Å². The summed E-state index contributed by atoms with van der Waals surface area (Å²) in [6.07, 6.45) is 0. The van der Waals surface area contributed by atoms with E-state index in [0.29, 0.717) is 6.04 Å². The zero-order chi connectivity index (χ0) is 7.84. The van der Waals surface area contributed by atoms with Crippen LogP contribution in [0.1, 0.15) is 13.8 Å². The smallest absolute Gasteiger partial charge is 0.113 e. The predicted octanol–water partition coefficient (Wildman–Crippen LogP) is 1.10. The quantitative estimate of drug-likeness (QED) is 0.553. The molecule has 1 atom stereocenters. The van der Waals surface area contributed by atoms with Crippen molar-refractivity contribution in [3.05, 3.63) is 11.5 Å². The molecule has 0 saturated carbocycles. The van der Waals surface area contributed by atoms with Gasteiger partial charge in [0.1, 0.15) is 12.4 Å². The molecule has 2 heterocycles. The molecule has 0 bridgehead atoms. The van der Waals surface area contributed by atoms with E-state index in [1.54, 1.807) is 12.1 Å². The molecule has 62 valence electrons. The lowest BCUT2D eigenvalue weighted by Crippen LogP contribution is -2.34. The fraction of sp³-hybridized carbons (Fsp3) is 0.714. The van der Waals surface area contributed by atoms with E-state index in [9.17, 15) is 0 Å². The first-order valence-corrected chi connectivity index (χ1v) is 4.55. The lowest BCUT2D eigenvalue weighted by molar-refractivity contribution is 0.131. The molecular weight excluding hydrogens is 160 g/mol. The fourth-order valence-corrected chi connectivity index (χ4v) is 2.27. The minimum Gasteiger partial charge on any atom is -0.494 e. The Hall–Kier alpha value is -0.350. The molecule has 0 aromatic heterocycles. The van der Waals surface area contributed by atoms with Crippen molar-refractivity contribution in [1.82, 2.24) is 9.03 Å². The molecule has 0 aromatic carbocycles. The second-order valence-corrected chi connectivity index (χ2v) is 3.74. The highest BCUT2D eigenvalue weighted by molar-refractivity contribution is 7.95. The van der Waals surface area contributed by atoms with Crippen molar-refractivity contribution in [2.24, 2.45) is 0 Å². The molecule has 1 N–H and O–H groups in total. The Bertz CT molecular complexity index is 205. The van der Waals surface area contributed by atoms with Crippen molar-refractivity contribution in [3.8, 4) is 0 Å². The largest absolute Gasteiger partial charge is 0.494 e. The molecule has 0 aliphatic carbocycles. The molecule has 2 aliphatic heterocycles. The molecule has 1 unspecified atom stereocenters. The van der Waals surface area contributed by atoms with Gasteiger partial charge in [-0.2, -0.15) is 0 Å². The van der Waals surface area contributed by atoms with Crippen LogP contribution < -0.4 is 4.72 Å². The Morgan fingerprint density at radius 1 is 1.64 bits per heavy atom. The molecule has 0 amide bonds. The highest BCUT2D eigenvalue weighted by atomic mass is 32.2. The van der Waals surface area contributed by atoms with Gasteiger partial charge in [-0.05, 0) is 13.8 Å². The summed E-state index contributed by atoms with van der Waals surface area (Å²) in [7, 11) is 0. The molecule has 0 spiro atoms. The first kappa shape index (κ1) is 7.31. The Balaban J connectivity index is 2.23. The average Bonchev–Trinajstić information content (AvgIpc) is 2.45. The topological polar surface area (TPSA) is 24.5 Å². The van der Waals surface area contributed by atoms with Gasteiger partial charge in [0.05, 0.1) is 11.7 Å². The third-order valence-electron chi connectivity index (χ3n) is 2.15. The second-order valence-electron chi connectivity index (χ2n) is 2.87. The van der Waals surface area contributed by atoms with Gasteiger partial charge in [0, 0.05) is 18.7 Å². The zero-order valence-corrected chi connectivity index (χ0v) is 7.57. The number of fused-ring (bicyclic) bond motifs is 1. The number of nitrogens with zero attached hydrogens (tertiary/aromatic N) is 1. The molecule has 0 aromatic rings. The van der Waals surface area contributed by atoms with Crippen LogP contribution in [0.3, 0.4) is 0 Å². The van der Waals surface area contributed by atoms with Gasteiger partial charge < -0.3 is 4.74 Å². The van der Waals surface area contributed by atoms with Crippen LogP contribution >= 0.6 is 12.1 Å². The van der Waals surface area contributed by atoms with E-state index in [4.69, 9.17) is 4.74 Å². The molecule has 1 saturated heterocycles. The normalized spacial score (nSPS) is 30.4. The van der Waals surface area contributed by atoms with E-state index >= 15 is 0 Å². The van der Waals surface area contributed by atoms with Gasteiger partial charge in [0.15, 0.2) is 0 Å². The monoisotopic (exact) mass is 172 g/mol. The average molecular weight is 172 g/mol. The standard InChI is InChI=1S/C7H12N2OS/c1-5-6(2)10-4-7-3-8-11-9(5)7/h7-8H,3-4H2,1-2H3. The summed E-state index contributed by atoms with van der Waals surface area (Å²) >= 11 is 1.68. The maximum absolute atomic E-state index is 5.49. The van der Waals surface area contributed by atoms with Gasteiger partial charge in [-0.15, -0.1) is 0 Å². The molecule has 2 rings (SSSR count). The minimum atomic E-state index is 0.531. The zero-order valence-electron chi connectivity index (χ0n) is 6.76. The fourth-order valence-electron chi connectivity index (χ4n) is 1.31. The maximum atomic E-state index is 5.49. The minimum absolute atomic E-state index is 0.531. The van der Waals surface area contributed by atoms with Crippen LogP contribution in [0.4, 0.5) is 0 Å². The molecule has 4 heteroatoms. The highest BCUT2D eigenvalue weighted by Gasteiger charge is 2.30. The van der Waals surface area contributed by atoms with Crippen LogP contribution in [0, 0.1) is 0 Å². The number of hydrogen-bond donors (Lipinski definition) is 1. The summed E-state index contributed by atoms with van der Waals surface area (Å²) in [6.45, 7) is 5.96. The first-order chi connectivity index (χ1) is 5.29. The van der Waals surface area contributed by atoms with Crippen molar-refractivity contribution < 1.29 is 4.74 Å². The summed E-state index contributed by atoms with van der Waals surface area (Å²) < 4.78 is 11.0. The van der Waals surface area contributed by atoms with Gasteiger partial charge >= 0.3 is 0 Å². The van der Waals surface area contributed by atoms with Gasteiger partial charge in [-0.25, -0.2) is 4.72 Å². The van der Waals surface area contributed by atoms with E-state index < -0.39 is 0 Å². The SMILES string of the molecule is CC1=C(C)N2SNCC2CO1. The number of rotatable bonds is 0. The maximum Gasteiger partial charge on any atom is 0.113 e. The van der Waals surface area contributed by atoms with E-state index in [1.165, 1.54) is 5.70 Å². The Labute approximate surface area is 71.0 Å². The summed E-state index contributed by atoms with van der Waals surface area (Å²) in [5.41, 5.74) is 1.25. The van der Waals surface area contributed by atoms with Crippen LogP contribution in [0.2, 0.25) is 0 Å². The molecule has 3 nitrogen and oxygen atoms in total. The van der Waals surface area contributed by atoms with Crippen LogP contribution in [0.25, 0.3) is 0 Å². The van der Waals surface area contributed by atoms with E-state index in [2.05, 4.69) is 16.0 Å². The van der Waals surface area contributed by atoms with E-state index in [0.717, 1.165) is 18.9 Å². The van der Waals surface area contributed by atoms with Crippen LogP contribution in [-0.4, -0.2) is 23.5 Å². The van der Waals surface area contributed by atoms with Crippen molar-refractivity contribution in [1.29, 1.82) is 0 Å². The third kappa shape index (κ3) is 1.10. The van der Waals surface area contributed by atoms with Crippen molar-refractivity contribution >= 4 is 12.1 Å². The Morgan fingerprint density at radius 3 is 3.27 bits per heavy atom. The van der Waals surface area contributed by atoms with Crippen molar-refractivity contribution in [2.45, 2.75) is 19.9 Å². The Morgan fingerprint density at radius 2 is 2.45 bits per heavy atom. The number of allylic oxidation sites excluding steroid dienone is 2. The summed E-state index contributed by atoms with van der Waals surface area (Å²) in [5.74, 6) is 1.05. The summed E-state index contributed by atoms with van der Waals surface area (Å²) in [4.78, 5) is 0. The van der Waals surface area contributed by atoms with E-state index in [1.807, 2.05) is 6.92 Å². The lowest BCUT2D eigenvalue weighted by Gasteiger charge is -2.30. The van der Waals surface area contributed by atoms with Gasteiger partial charge in [0.2, 0.25) is 0 Å². The summed E-state index contributed by atoms with van der Waals surface area (Å²) in [6, 6.07) is 0.531. The number of nitrogens with one attached hydrogen (secondary N) is 1. The summed E-state index contributed by atoms with van der Waals surface area (Å²) in [5, 5.41) is 0. The number of ether oxygens (including phenoxy) is 1. The first-order valence-electron chi connectivity index (χ1n) is 3.78. The van der Waals surface area contributed by atoms with Crippen molar-refractivity contribution in [3.63, 3.8) is 0 Å². The molecule has 2 aliphatic rings. The second kappa shape index (κ2) is 2.60. The Kier molecular flexibility index (Phi) is 1.73. The third-order valence-corrected chi connectivity index (χ3v) is 3.21. The van der Waals surface area contributed by atoms with Crippen LogP contribution in [0.15, 0.2) is 11.5 Å². The lowest BCUT2D eigenvalue weighted by atomic mass is 10.2. The number of hydrogen-bond acceptors (Lipinski definition) is 4. The van der Waals surface area contributed by atoms with Crippen LogP contribution in [0.5, 0.6) is 0 Å². The molecule has 0 radical (unpaired) electrons. The van der Waals surface area contributed by atoms with Crippen molar-refractivity contribution in [2.75, 3.05) is 13.2 Å². The van der Waals surface area contributed by atoms with Gasteiger partial charge in [0.25, 0.3) is 0 Å². The predicted molar refractivity (Wildman–Crippen MR) is 45.5 cm³/mol. The molecular formula is C7H12N2OS. The highest BCUT2D eigenvalue weighted by Crippen LogP contribution is 2.30. The van der Waals surface area contributed by atoms with Gasteiger partial charge in [-0.1, -0.05) is 0 Å².